The number of aromatic nitrogens is 2. The van der Waals surface area contributed by atoms with Gasteiger partial charge in [-0.3, -0.25) is 4.79 Å². The number of ether oxygens (including phenoxy) is 1. The van der Waals surface area contributed by atoms with E-state index < -0.39 is 0 Å². The van der Waals surface area contributed by atoms with Gasteiger partial charge >= 0.3 is 0 Å². The van der Waals surface area contributed by atoms with Crippen molar-refractivity contribution in [3.63, 3.8) is 0 Å². The van der Waals surface area contributed by atoms with E-state index in [0.717, 1.165) is 32.2 Å². The van der Waals surface area contributed by atoms with E-state index in [2.05, 4.69) is 9.55 Å². The van der Waals surface area contributed by atoms with Crippen LogP contribution in [0.3, 0.4) is 0 Å². The molecule has 6 nitrogen and oxygen atoms in total. The Morgan fingerprint density at radius 1 is 1.38 bits per heavy atom. The van der Waals surface area contributed by atoms with Crippen LogP contribution in [0.15, 0.2) is 18.7 Å². The lowest BCUT2D eigenvalue weighted by Crippen LogP contribution is -2.44. The molecule has 1 aliphatic heterocycles. The molecule has 1 fully saturated rings. The Morgan fingerprint density at radius 3 is 3.00 bits per heavy atom. The van der Waals surface area contributed by atoms with Crippen LogP contribution in [-0.4, -0.2) is 50.0 Å². The smallest absolute Gasteiger partial charge is 0.222 e. The van der Waals surface area contributed by atoms with Crippen LogP contribution in [0.25, 0.3) is 0 Å². The van der Waals surface area contributed by atoms with Gasteiger partial charge < -0.3 is 18.8 Å². The molecule has 0 spiro atoms. The van der Waals surface area contributed by atoms with Gasteiger partial charge in [-0.1, -0.05) is 12.8 Å². The molecular weight excluding hydrogens is 290 g/mol. The van der Waals surface area contributed by atoms with Crippen LogP contribution in [0.4, 0.5) is 0 Å². The van der Waals surface area contributed by atoms with Crippen LogP contribution in [0, 0.1) is 0 Å². The van der Waals surface area contributed by atoms with E-state index in [0.29, 0.717) is 38.2 Å². The SMILES string of the molecule is O=C(CCCCCCn1ccnc1)N1CCOC(SO)C1. The monoisotopic (exact) mass is 313 g/mol. The molecular formula is C14H23N3O3S. The minimum absolute atomic E-state index is 0.173. The van der Waals surface area contributed by atoms with E-state index in [1.54, 1.807) is 11.1 Å². The number of nitrogens with zero attached hydrogens (tertiary/aromatic N) is 3. The molecule has 21 heavy (non-hydrogen) atoms. The number of amides is 1. The number of hydrogen-bond donors (Lipinski definition) is 1. The zero-order chi connectivity index (χ0) is 14.9. The van der Waals surface area contributed by atoms with Gasteiger partial charge in [0.05, 0.1) is 19.5 Å². The summed E-state index contributed by atoms with van der Waals surface area (Å²) < 4.78 is 16.4. The van der Waals surface area contributed by atoms with Crippen molar-refractivity contribution in [1.82, 2.24) is 14.5 Å². The number of rotatable bonds is 8. The fourth-order valence-electron chi connectivity index (χ4n) is 2.41. The van der Waals surface area contributed by atoms with Gasteiger partial charge in [0.25, 0.3) is 0 Å². The minimum Gasteiger partial charge on any atom is -0.362 e. The average Bonchev–Trinajstić information content (AvgIpc) is 3.04. The molecule has 1 unspecified atom stereocenters. The molecule has 0 aliphatic carbocycles. The number of unbranched alkanes of at least 4 members (excludes halogenated alkanes) is 3. The summed E-state index contributed by atoms with van der Waals surface area (Å²) in [5.41, 5.74) is -0.294. The summed E-state index contributed by atoms with van der Waals surface area (Å²) in [5, 5.41) is 0. The fourth-order valence-corrected chi connectivity index (χ4v) is 2.81. The van der Waals surface area contributed by atoms with Crippen molar-refractivity contribution >= 4 is 17.9 Å². The Morgan fingerprint density at radius 2 is 2.24 bits per heavy atom. The lowest BCUT2D eigenvalue weighted by atomic mass is 10.1. The van der Waals surface area contributed by atoms with Crippen LogP contribution in [0.5, 0.6) is 0 Å². The van der Waals surface area contributed by atoms with Gasteiger partial charge in [-0.15, -0.1) is 0 Å². The van der Waals surface area contributed by atoms with E-state index in [4.69, 9.17) is 9.29 Å². The van der Waals surface area contributed by atoms with Crippen LogP contribution >= 0.6 is 12.0 Å². The van der Waals surface area contributed by atoms with E-state index in [-0.39, 0.29) is 11.3 Å². The van der Waals surface area contributed by atoms with Gasteiger partial charge in [0.15, 0.2) is 0 Å². The topological polar surface area (TPSA) is 67.6 Å². The van der Waals surface area contributed by atoms with Gasteiger partial charge in [-0.2, -0.15) is 0 Å². The first-order valence-electron chi connectivity index (χ1n) is 7.45. The molecule has 1 aliphatic rings. The predicted octanol–water partition coefficient (Wildman–Crippen LogP) is 2.22. The van der Waals surface area contributed by atoms with Crippen LogP contribution < -0.4 is 0 Å². The van der Waals surface area contributed by atoms with Crippen molar-refractivity contribution in [3.05, 3.63) is 18.7 Å². The van der Waals surface area contributed by atoms with E-state index in [1.807, 2.05) is 12.5 Å². The maximum Gasteiger partial charge on any atom is 0.222 e. The summed E-state index contributed by atoms with van der Waals surface area (Å²) in [6, 6.07) is 0. The first-order valence-corrected chi connectivity index (χ1v) is 8.28. The van der Waals surface area contributed by atoms with Crippen molar-refractivity contribution < 1.29 is 14.1 Å². The van der Waals surface area contributed by atoms with Gasteiger partial charge in [0.1, 0.15) is 5.44 Å². The molecule has 2 heterocycles. The second-order valence-corrected chi connectivity index (χ2v) is 5.95. The van der Waals surface area contributed by atoms with Gasteiger partial charge in [-0.25, -0.2) is 4.98 Å². The summed E-state index contributed by atoms with van der Waals surface area (Å²) in [6.45, 7) is 2.62. The zero-order valence-corrected chi connectivity index (χ0v) is 13.0. The third kappa shape index (κ3) is 5.68. The van der Waals surface area contributed by atoms with Gasteiger partial charge in [0, 0.05) is 43.9 Å². The highest BCUT2D eigenvalue weighted by Crippen LogP contribution is 2.16. The fraction of sp³-hybridized carbons (Fsp3) is 0.714. The van der Waals surface area contributed by atoms with E-state index >= 15 is 0 Å². The van der Waals surface area contributed by atoms with Crippen molar-refractivity contribution in [1.29, 1.82) is 0 Å². The minimum atomic E-state index is -0.294. The highest BCUT2D eigenvalue weighted by Gasteiger charge is 2.23. The number of morpholine rings is 1. The Bertz CT molecular complexity index is 414. The number of carbonyl (C=O) groups excluding carboxylic acids is 1. The lowest BCUT2D eigenvalue weighted by molar-refractivity contribution is -0.136. The predicted molar refractivity (Wildman–Crippen MR) is 81.9 cm³/mol. The second-order valence-electron chi connectivity index (χ2n) is 5.21. The summed E-state index contributed by atoms with van der Waals surface area (Å²) >= 11 is 0.677. The third-order valence-corrected chi connectivity index (χ3v) is 4.14. The zero-order valence-electron chi connectivity index (χ0n) is 12.2. The third-order valence-electron chi connectivity index (χ3n) is 3.62. The van der Waals surface area contributed by atoms with Crippen molar-refractivity contribution in [2.24, 2.45) is 0 Å². The molecule has 7 heteroatoms. The molecule has 1 saturated heterocycles. The largest absolute Gasteiger partial charge is 0.362 e. The Balaban J connectivity index is 1.52. The standard InChI is InChI=1S/C14H23N3O3S/c18-13(17-9-10-20-14(11-17)21-19)5-3-1-2-4-7-16-8-6-15-12-16/h6,8,12,14,19H,1-5,7,9-11H2. The molecule has 0 bridgehead atoms. The second kappa shape index (κ2) is 9.07. The average molecular weight is 313 g/mol. The Kier molecular flexibility index (Phi) is 7.05. The highest BCUT2D eigenvalue weighted by molar-refractivity contribution is 7.94. The normalized spacial score (nSPS) is 18.9. The van der Waals surface area contributed by atoms with E-state index in [1.165, 1.54) is 0 Å². The van der Waals surface area contributed by atoms with Gasteiger partial charge in [-0.05, 0) is 12.8 Å². The van der Waals surface area contributed by atoms with Crippen LogP contribution in [0.2, 0.25) is 0 Å². The van der Waals surface area contributed by atoms with Crippen molar-refractivity contribution in [2.75, 3.05) is 19.7 Å². The van der Waals surface area contributed by atoms with Gasteiger partial charge in [0.2, 0.25) is 5.91 Å². The molecule has 1 aromatic rings. The molecule has 0 aromatic carbocycles. The maximum atomic E-state index is 12.0. The van der Waals surface area contributed by atoms with Crippen LogP contribution in [-0.2, 0) is 16.1 Å². The van der Waals surface area contributed by atoms with Crippen molar-refractivity contribution in [2.45, 2.75) is 44.1 Å². The molecule has 1 amide bonds. The molecule has 1 aromatic heterocycles. The molecule has 1 N–H and O–H groups in total. The molecule has 118 valence electrons. The summed E-state index contributed by atoms with van der Waals surface area (Å²) in [7, 11) is 0. The first kappa shape index (κ1) is 16.3. The number of carbonyl (C=O) groups is 1. The Hall–Kier alpha value is -1.05. The van der Waals surface area contributed by atoms with Crippen LogP contribution in [0.1, 0.15) is 32.1 Å². The van der Waals surface area contributed by atoms with Crippen molar-refractivity contribution in [3.8, 4) is 0 Å². The Labute approximate surface area is 129 Å². The maximum absolute atomic E-state index is 12.0. The quantitative estimate of drug-likeness (QED) is 0.589. The summed E-state index contributed by atoms with van der Waals surface area (Å²) in [6.07, 6.45) is 10.4. The highest BCUT2D eigenvalue weighted by atomic mass is 32.2. The lowest BCUT2D eigenvalue weighted by Gasteiger charge is -2.31. The van der Waals surface area contributed by atoms with E-state index in [9.17, 15) is 4.79 Å². The summed E-state index contributed by atoms with van der Waals surface area (Å²) in [4.78, 5) is 17.8. The summed E-state index contributed by atoms with van der Waals surface area (Å²) in [5.74, 6) is 0.173. The number of imidazole rings is 1. The first-order chi connectivity index (χ1) is 10.3. The molecule has 2 rings (SSSR count). The molecule has 0 radical (unpaired) electrons. The number of hydrogen-bond acceptors (Lipinski definition) is 5. The number of aryl methyl sites for hydroxylation is 1. The molecule has 1 atom stereocenters. The molecule has 0 saturated carbocycles.